The van der Waals surface area contributed by atoms with Gasteiger partial charge in [-0.25, -0.2) is 0 Å². The highest BCUT2D eigenvalue weighted by molar-refractivity contribution is 5.34. The highest BCUT2D eigenvalue weighted by Gasteiger charge is 2.16. The average molecular weight is 176 g/mol. The van der Waals surface area contributed by atoms with E-state index in [0.717, 1.165) is 12.2 Å². The van der Waals surface area contributed by atoms with E-state index in [9.17, 15) is 0 Å². The summed E-state index contributed by atoms with van der Waals surface area (Å²) in [6.07, 6.45) is 12.1. The third kappa shape index (κ3) is 1.66. The topological polar surface area (TPSA) is 18.5 Å². The van der Waals surface area contributed by atoms with Gasteiger partial charge in [0.15, 0.2) is 5.76 Å². The fourth-order valence-corrected chi connectivity index (χ4v) is 1.47. The molecule has 0 spiro atoms. The van der Waals surface area contributed by atoms with Crippen molar-refractivity contribution in [1.29, 1.82) is 0 Å². The second kappa shape index (κ2) is 3.52. The number of rotatable bonds is 1. The average Bonchev–Trinajstić information content (AvgIpc) is 2.20. The molecule has 2 aliphatic rings. The van der Waals surface area contributed by atoms with Crippen LogP contribution in [0.3, 0.4) is 0 Å². The molecule has 1 atom stereocenters. The molecule has 68 valence electrons. The zero-order valence-corrected chi connectivity index (χ0v) is 7.57. The Bertz CT molecular complexity index is 308. The minimum atomic E-state index is 0.506. The molecule has 0 radical (unpaired) electrons. The van der Waals surface area contributed by atoms with Crippen molar-refractivity contribution in [3.05, 3.63) is 48.3 Å². The summed E-state index contributed by atoms with van der Waals surface area (Å²) < 4.78 is 10.4. The molecule has 0 fully saturated rings. The summed E-state index contributed by atoms with van der Waals surface area (Å²) in [4.78, 5) is 0. The Labute approximate surface area is 77.8 Å². The Morgan fingerprint density at radius 2 is 2.31 bits per heavy atom. The van der Waals surface area contributed by atoms with Crippen LogP contribution in [0.1, 0.15) is 13.3 Å². The molecule has 0 aromatic rings. The van der Waals surface area contributed by atoms with Gasteiger partial charge in [-0.2, -0.15) is 0 Å². The highest BCUT2D eigenvalue weighted by Crippen LogP contribution is 2.28. The first-order valence-electron chi connectivity index (χ1n) is 4.42. The molecule has 0 amide bonds. The third-order valence-corrected chi connectivity index (χ3v) is 2.22. The lowest BCUT2D eigenvalue weighted by molar-refractivity contribution is 0.258. The normalized spacial score (nSPS) is 25.8. The van der Waals surface area contributed by atoms with E-state index in [1.165, 1.54) is 11.8 Å². The molecule has 0 aromatic carbocycles. The second-order valence-corrected chi connectivity index (χ2v) is 3.20. The molecular weight excluding hydrogens is 164 g/mol. The summed E-state index contributed by atoms with van der Waals surface area (Å²) in [5.74, 6) is 1.32. The first kappa shape index (κ1) is 8.17. The fraction of sp³-hybridized carbons (Fsp3) is 0.273. The van der Waals surface area contributed by atoms with Gasteiger partial charge in [-0.05, 0) is 12.3 Å². The van der Waals surface area contributed by atoms with Crippen molar-refractivity contribution in [1.82, 2.24) is 0 Å². The molecule has 2 nitrogen and oxygen atoms in total. The van der Waals surface area contributed by atoms with Gasteiger partial charge < -0.3 is 9.47 Å². The summed E-state index contributed by atoms with van der Waals surface area (Å²) >= 11 is 0. The van der Waals surface area contributed by atoms with E-state index < -0.39 is 0 Å². The van der Waals surface area contributed by atoms with Gasteiger partial charge in [-0.1, -0.05) is 25.2 Å². The number of allylic oxidation sites excluding steroid dienone is 4. The van der Waals surface area contributed by atoms with Gasteiger partial charge in [0, 0.05) is 5.57 Å². The predicted octanol–water partition coefficient (Wildman–Crippen LogP) is 2.87. The van der Waals surface area contributed by atoms with Gasteiger partial charge in [-0.3, -0.25) is 0 Å². The maximum atomic E-state index is 5.34. The van der Waals surface area contributed by atoms with E-state index >= 15 is 0 Å². The van der Waals surface area contributed by atoms with E-state index in [-0.39, 0.29) is 0 Å². The monoisotopic (exact) mass is 176 g/mol. The largest absolute Gasteiger partial charge is 0.466 e. The number of hydrogen-bond donors (Lipinski definition) is 0. The van der Waals surface area contributed by atoms with Crippen molar-refractivity contribution in [3.8, 4) is 0 Å². The minimum Gasteiger partial charge on any atom is -0.466 e. The van der Waals surface area contributed by atoms with Crippen LogP contribution in [0.25, 0.3) is 0 Å². The summed E-state index contributed by atoms with van der Waals surface area (Å²) in [7, 11) is 0. The molecule has 1 aliphatic carbocycles. The van der Waals surface area contributed by atoms with Crippen LogP contribution in [0, 0.1) is 5.92 Å². The molecule has 1 aliphatic heterocycles. The molecule has 2 rings (SSSR count). The van der Waals surface area contributed by atoms with Gasteiger partial charge in [-0.15, -0.1) is 0 Å². The van der Waals surface area contributed by atoms with Crippen LogP contribution in [0.2, 0.25) is 0 Å². The maximum Gasteiger partial charge on any atom is 0.165 e. The van der Waals surface area contributed by atoms with Gasteiger partial charge in [0.05, 0.1) is 0 Å². The predicted molar refractivity (Wildman–Crippen MR) is 50.4 cm³/mol. The van der Waals surface area contributed by atoms with Crippen LogP contribution in [-0.2, 0) is 9.47 Å². The number of ether oxygens (including phenoxy) is 2. The molecule has 13 heavy (non-hydrogen) atoms. The van der Waals surface area contributed by atoms with E-state index in [1.807, 2.05) is 0 Å². The lowest BCUT2D eigenvalue weighted by Crippen LogP contribution is -2.06. The van der Waals surface area contributed by atoms with Crippen molar-refractivity contribution < 1.29 is 9.47 Å². The summed E-state index contributed by atoms with van der Waals surface area (Å²) in [6.45, 7) is 2.18. The first-order chi connectivity index (χ1) is 6.38. The third-order valence-electron chi connectivity index (χ3n) is 2.22. The van der Waals surface area contributed by atoms with Gasteiger partial charge in [0.25, 0.3) is 0 Å². The molecule has 0 saturated heterocycles. The summed E-state index contributed by atoms with van der Waals surface area (Å²) in [5, 5.41) is 0. The molecule has 0 saturated carbocycles. The highest BCUT2D eigenvalue weighted by atomic mass is 16.5. The van der Waals surface area contributed by atoms with E-state index in [4.69, 9.17) is 9.47 Å². The molecule has 1 unspecified atom stereocenters. The lowest BCUT2D eigenvalue weighted by atomic mass is 9.92. The molecular formula is C11H12O2. The van der Waals surface area contributed by atoms with Gasteiger partial charge in [0.2, 0.25) is 0 Å². The molecule has 2 heteroatoms. The van der Waals surface area contributed by atoms with E-state index in [2.05, 4.69) is 25.2 Å². The van der Waals surface area contributed by atoms with Crippen molar-refractivity contribution >= 4 is 0 Å². The minimum absolute atomic E-state index is 0.506. The Hall–Kier alpha value is -1.44. The van der Waals surface area contributed by atoms with Crippen LogP contribution >= 0.6 is 0 Å². The van der Waals surface area contributed by atoms with Crippen LogP contribution in [0.4, 0.5) is 0 Å². The molecule has 0 aromatic heterocycles. The summed E-state index contributed by atoms with van der Waals surface area (Å²) in [5.41, 5.74) is 1.20. The van der Waals surface area contributed by atoms with Gasteiger partial charge >= 0.3 is 0 Å². The molecule has 1 heterocycles. The van der Waals surface area contributed by atoms with Crippen LogP contribution in [0.15, 0.2) is 48.3 Å². The summed E-state index contributed by atoms with van der Waals surface area (Å²) in [6, 6.07) is 0. The smallest absolute Gasteiger partial charge is 0.165 e. The van der Waals surface area contributed by atoms with E-state index in [0.29, 0.717) is 5.92 Å². The van der Waals surface area contributed by atoms with Crippen LogP contribution < -0.4 is 0 Å². The van der Waals surface area contributed by atoms with Crippen LogP contribution in [-0.4, -0.2) is 0 Å². The fourth-order valence-electron chi connectivity index (χ4n) is 1.47. The Morgan fingerprint density at radius 1 is 1.38 bits per heavy atom. The quantitative estimate of drug-likeness (QED) is 0.611. The Balaban J connectivity index is 2.19. The molecule has 0 N–H and O–H groups in total. The van der Waals surface area contributed by atoms with Crippen molar-refractivity contribution in [3.63, 3.8) is 0 Å². The standard InChI is InChI=1S/C11H12O2/c1-9-4-2-3-5-10(9)11-8-12-6-7-13-11/h2-3,5-9H,4H2,1H3. The Morgan fingerprint density at radius 3 is 3.00 bits per heavy atom. The zero-order chi connectivity index (χ0) is 9.10. The lowest BCUT2D eigenvalue weighted by Gasteiger charge is -2.19. The second-order valence-electron chi connectivity index (χ2n) is 3.20. The number of hydrogen-bond acceptors (Lipinski definition) is 2. The van der Waals surface area contributed by atoms with Crippen molar-refractivity contribution in [2.45, 2.75) is 13.3 Å². The van der Waals surface area contributed by atoms with E-state index in [1.54, 1.807) is 12.5 Å². The maximum absolute atomic E-state index is 5.34. The zero-order valence-electron chi connectivity index (χ0n) is 7.57. The van der Waals surface area contributed by atoms with Gasteiger partial charge in [0.1, 0.15) is 18.8 Å². The van der Waals surface area contributed by atoms with Crippen molar-refractivity contribution in [2.75, 3.05) is 0 Å². The van der Waals surface area contributed by atoms with Crippen molar-refractivity contribution in [2.24, 2.45) is 5.92 Å². The first-order valence-corrected chi connectivity index (χ1v) is 4.42. The molecule has 0 bridgehead atoms. The Kier molecular flexibility index (Phi) is 2.21. The van der Waals surface area contributed by atoms with Crippen LogP contribution in [0.5, 0.6) is 0 Å². The SMILES string of the molecule is CC1CC=CC=C1C1=COC=CO1.